The van der Waals surface area contributed by atoms with Crippen LogP contribution in [0.25, 0.3) is 0 Å². The van der Waals surface area contributed by atoms with Gasteiger partial charge in [0.1, 0.15) is 0 Å². The van der Waals surface area contributed by atoms with E-state index in [0.29, 0.717) is 24.4 Å². The van der Waals surface area contributed by atoms with Gasteiger partial charge in [-0.2, -0.15) is 5.10 Å². The van der Waals surface area contributed by atoms with Gasteiger partial charge in [-0.15, -0.1) is 0 Å². The molecule has 2 heterocycles. The average Bonchev–Trinajstić information content (AvgIpc) is 2.94. The lowest BCUT2D eigenvalue weighted by molar-refractivity contribution is -0.137. The third-order valence-electron chi connectivity index (χ3n) is 4.62. The number of carboxylic acids is 1. The first-order valence-corrected chi connectivity index (χ1v) is 8.98. The van der Waals surface area contributed by atoms with Crippen LogP contribution in [0.15, 0.2) is 6.20 Å². The summed E-state index contributed by atoms with van der Waals surface area (Å²) in [6.07, 6.45) is 5.25. The van der Waals surface area contributed by atoms with Gasteiger partial charge < -0.3 is 10.0 Å². The van der Waals surface area contributed by atoms with Crippen LogP contribution in [0, 0.1) is 11.8 Å². The Morgan fingerprint density at radius 2 is 2.17 bits per heavy atom. The quantitative estimate of drug-likeness (QED) is 0.831. The van der Waals surface area contributed by atoms with Gasteiger partial charge in [0.05, 0.1) is 17.5 Å². The molecule has 1 atom stereocenters. The summed E-state index contributed by atoms with van der Waals surface area (Å²) < 4.78 is 1.95. The first-order chi connectivity index (χ1) is 11.4. The molecule has 1 aromatic rings. The van der Waals surface area contributed by atoms with Crippen LogP contribution in [0.1, 0.15) is 62.5 Å². The lowest BCUT2D eigenvalue weighted by atomic mass is 9.93. The lowest BCUT2D eigenvalue weighted by Gasteiger charge is -2.32. The molecule has 6 heteroatoms. The van der Waals surface area contributed by atoms with Crippen LogP contribution in [-0.4, -0.2) is 44.8 Å². The minimum Gasteiger partial charge on any atom is -0.481 e. The topological polar surface area (TPSA) is 75.4 Å². The molecule has 0 aromatic carbocycles. The molecule has 1 saturated heterocycles. The van der Waals surface area contributed by atoms with E-state index in [1.165, 1.54) is 0 Å². The van der Waals surface area contributed by atoms with Crippen LogP contribution in [0.2, 0.25) is 0 Å². The number of hydrogen-bond donors (Lipinski definition) is 1. The van der Waals surface area contributed by atoms with E-state index in [1.54, 1.807) is 6.20 Å². The SMILES string of the molecule is CCc1c(C(=O)N2CCCC(CCC(=O)O)C2)cnn1CC(C)C. The van der Waals surface area contributed by atoms with Gasteiger partial charge in [-0.1, -0.05) is 20.8 Å². The molecule has 2 rings (SSSR count). The summed E-state index contributed by atoms with van der Waals surface area (Å²) in [5, 5.41) is 13.3. The van der Waals surface area contributed by atoms with Gasteiger partial charge >= 0.3 is 5.97 Å². The van der Waals surface area contributed by atoms with E-state index in [-0.39, 0.29) is 18.2 Å². The van der Waals surface area contributed by atoms with E-state index in [1.807, 2.05) is 9.58 Å². The second-order valence-electron chi connectivity index (χ2n) is 7.13. The van der Waals surface area contributed by atoms with Crippen molar-refractivity contribution in [2.75, 3.05) is 13.1 Å². The molecule has 134 valence electrons. The fourth-order valence-corrected chi connectivity index (χ4v) is 3.45. The Balaban J connectivity index is 2.07. The van der Waals surface area contributed by atoms with E-state index < -0.39 is 5.97 Å². The second kappa shape index (κ2) is 8.31. The Kier molecular flexibility index (Phi) is 6.40. The number of rotatable bonds is 7. The average molecular weight is 335 g/mol. The predicted octanol–water partition coefficient (Wildman–Crippen LogP) is 2.82. The Bertz CT molecular complexity index is 580. The van der Waals surface area contributed by atoms with Crippen molar-refractivity contribution >= 4 is 11.9 Å². The summed E-state index contributed by atoms with van der Waals surface area (Å²) in [4.78, 5) is 25.6. The van der Waals surface area contributed by atoms with Gasteiger partial charge in [0.15, 0.2) is 0 Å². The van der Waals surface area contributed by atoms with Crippen LogP contribution < -0.4 is 0 Å². The molecule has 6 nitrogen and oxygen atoms in total. The molecule has 1 unspecified atom stereocenters. The van der Waals surface area contributed by atoms with Crippen molar-refractivity contribution in [3.05, 3.63) is 17.5 Å². The summed E-state index contributed by atoms with van der Waals surface area (Å²) in [5.74, 6) is 0.0479. The fourth-order valence-electron chi connectivity index (χ4n) is 3.45. The first-order valence-electron chi connectivity index (χ1n) is 8.98. The third-order valence-corrected chi connectivity index (χ3v) is 4.62. The van der Waals surface area contributed by atoms with Crippen LogP contribution in [0.5, 0.6) is 0 Å². The highest BCUT2D eigenvalue weighted by molar-refractivity contribution is 5.95. The Morgan fingerprint density at radius 3 is 2.79 bits per heavy atom. The Morgan fingerprint density at radius 1 is 1.42 bits per heavy atom. The van der Waals surface area contributed by atoms with Gasteiger partial charge in [0.2, 0.25) is 0 Å². The van der Waals surface area contributed by atoms with E-state index in [4.69, 9.17) is 5.11 Å². The number of carbonyl (C=O) groups excluding carboxylic acids is 1. The predicted molar refractivity (Wildman–Crippen MR) is 91.9 cm³/mol. The maximum atomic E-state index is 12.9. The van der Waals surface area contributed by atoms with Crippen molar-refractivity contribution in [3.8, 4) is 0 Å². The van der Waals surface area contributed by atoms with Crippen LogP contribution in [0.4, 0.5) is 0 Å². The van der Waals surface area contributed by atoms with Crippen molar-refractivity contribution < 1.29 is 14.7 Å². The zero-order valence-electron chi connectivity index (χ0n) is 15.0. The minimum absolute atomic E-state index is 0.0434. The molecule has 1 fully saturated rings. The molecule has 1 aromatic heterocycles. The molecule has 1 aliphatic heterocycles. The zero-order chi connectivity index (χ0) is 17.7. The maximum Gasteiger partial charge on any atom is 0.303 e. The van der Waals surface area contributed by atoms with Crippen LogP contribution in [0.3, 0.4) is 0 Å². The number of nitrogens with zero attached hydrogens (tertiary/aromatic N) is 3. The lowest BCUT2D eigenvalue weighted by Crippen LogP contribution is -2.40. The molecule has 1 aliphatic rings. The normalized spacial score (nSPS) is 18.2. The molecule has 1 amide bonds. The summed E-state index contributed by atoms with van der Waals surface area (Å²) in [5.41, 5.74) is 1.71. The van der Waals surface area contributed by atoms with Gasteiger partial charge in [-0.25, -0.2) is 0 Å². The number of likely N-dealkylation sites (tertiary alicyclic amines) is 1. The van der Waals surface area contributed by atoms with Crippen molar-refractivity contribution in [3.63, 3.8) is 0 Å². The first kappa shape index (κ1) is 18.5. The zero-order valence-corrected chi connectivity index (χ0v) is 15.0. The van der Waals surface area contributed by atoms with Gasteiger partial charge in [0, 0.05) is 26.1 Å². The molecular weight excluding hydrogens is 306 g/mol. The minimum atomic E-state index is -0.762. The van der Waals surface area contributed by atoms with Crippen molar-refractivity contribution in [1.29, 1.82) is 0 Å². The molecule has 0 radical (unpaired) electrons. The molecule has 0 aliphatic carbocycles. The van der Waals surface area contributed by atoms with Crippen molar-refractivity contribution in [1.82, 2.24) is 14.7 Å². The van der Waals surface area contributed by atoms with E-state index in [2.05, 4.69) is 25.9 Å². The van der Waals surface area contributed by atoms with Gasteiger partial charge in [0.25, 0.3) is 5.91 Å². The van der Waals surface area contributed by atoms with Gasteiger partial charge in [-0.3, -0.25) is 14.3 Å². The monoisotopic (exact) mass is 335 g/mol. The van der Waals surface area contributed by atoms with E-state index in [9.17, 15) is 9.59 Å². The number of carbonyl (C=O) groups is 2. The van der Waals surface area contributed by atoms with E-state index in [0.717, 1.165) is 38.0 Å². The molecule has 0 bridgehead atoms. The Hall–Kier alpha value is -1.85. The number of carboxylic acid groups (broad SMARTS) is 1. The molecule has 24 heavy (non-hydrogen) atoms. The molecular formula is C18H29N3O3. The number of amides is 1. The molecule has 1 N–H and O–H groups in total. The highest BCUT2D eigenvalue weighted by Crippen LogP contribution is 2.23. The number of piperidine rings is 1. The maximum absolute atomic E-state index is 12.9. The smallest absolute Gasteiger partial charge is 0.303 e. The molecule has 0 spiro atoms. The number of aliphatic carboxylic acids is 1. The fraction of sp³-hybridized carbons (Fsp3) is 0.722. The number of hydrogen-bond acceptors (Lipinski definition) is 3. The highest BCUT2D eigenvalue weighted by Gasteiger charge is 2.27. The summed E-state index contributed by atoms with van der Waals surface area (Å²) in [6.45, 7) is 8.56. The number of aromatic nitrogens is 2. The molecule has 0 saturated carbocycles. The largest absolute Gasteiger partial charge is 0.481 e. The van der Waals surface area contributed by atoms with Crippen LogP contribution in [-0.2, 0) is 17.8 Å². The summed E-state index contributed by atoms with van der Waals surface area (Å²) >= 11 is 0. The Labute approximate surface area is 143 Å². The van der Waals surface area contributed by atoms with Crippen molar-refractivity contribution in [2.45, 2.75) is 59.4 Å². The highest BCUT2D eigenvalue weighted by atomic mass is 16.4. The second-order valence-corrected chi connectivity index (χ2v) is 7.13. The van der Waals surface area contributed by atoms with E-state index >= 15 is 0 Å². The van der Waals surface area contributed by atoms with Gasteiger partial charge in [-0.05, 0) is 37.5 Å². The summed E-state index contributed by atoms with van der Waals surface area (Å²) in [7, 11) is 0. The van der Waals surface area contributed by atoms with Crippen LogP contribution >= 0.6 is 0 Å². The summed E-state index contributed by atoms with van der Waals surface area (Å²) in [6, 6.07) is 0. The van der Waals surface area contributed by atoms with Crippen molar-refractivity contribution in [2.24, 2.45) is 11.8 Å². The third kappa shape index (κ3) is 4.58. The standard InChI is InChI=1S/C18H29N3O3/c1-4-16-15(10-19-21(16)11-13(2)3)18(24)20-9-5-6-14(12-20)7-8-17(22)23/h10,13-14H,4-9,11-12H2,1-3H3,(H,22,23).